The highest BCUT2D eigenvalue weighted by molar-refractivity contribution is 5.67. The maximum Gasteiger partial charge on any atom is 0.407 e. The Balaban J connectivity index is 1.99. The van der Waals surface area contributed by atoms with Gasteiger partial charge in [-0.05, 0) is 72.6 Å². The molecule has 0 saturated carbocycles. The fourth-order valence-electron chi connectivity index (χ4n) is 2.58. The first-order valence-corrected chi connectivity index (χ1v) is 8.33. The van der Waals surface area contributed by atoms with Crippen molar-refractivity contribution in [3.05, 3.63) is 0 Å². The van der Waals surface area contributed by atoms with E-state index in [9.17, 15) is 4.79 Å². The number of nitrogens with one attached hydrogen (secondary N) is 2. The predicted octanol–water partition coefficient (Wildman–Crippen LogP) is 2.37. The molecule has 0 radical (unpaired) electrons. The average molecular weight is 299 g/mol. The van der Waals surface area contributed by atoms with Crippen molar-refractivity contribution in [1.29, 1.82) is 0 Å². The molecule has 0 aromatic carbocycles. The summed E-state index contributed by atoms with van der Waals surface area (Å²) in [7, 11) is 0. The molecule has 0 spiro atoms. The van der Waals surface area contributed by atoms with E-state index in [1.807, 2.05) is 20.8 Å². The quantitative estimate of drug-likeness (QED) is 0.709. The molecule has 0 atom stereocenters. The van der Waals surface area contributed by atoms with Gasteiger partial charge in [-0.2, -0.15) is 0 Å². The molecular weight excluding hydrogens is 266 g/mol. The molecule has 1 saturated heterocycles. The minimum absolute atomic E-state index is 0.324. The molecule has 0 bridgehead atoms. The van der Waals surface area contributed by atoms with Crippen molar-refractivity contribution in [3.63, 3.8) is 0 Å². The Morgan fingerprint density at radius 3 is 2.48 bits per heavy atom. The number of rotatable bonds is 7. The zero-order chi connectivity index (χ0) is 15.7. The Bertz CT molecular complexity index is 294. The van der Waals surface area contributed by atoms with Crippen LogP contribution in [0.5, 0.6) is 0 Å². The van der Waals surface area contributed by atoms with Gasteiger partial charge in [0.25, 0.3) is 0 Å². The fraction of sp³-hybridized carbons (Fsp3) is 0.938. The molecule has 1 fully saturated rings. The third-order valence-corrected chi connectivity index (χ3v) is 3.58. The van der Waals surface area contributed by atoms with E-state index in [-0.39, 0.29) is 6.09 Å². The molecule has 1 heterocycles. The van der Waals surface area contributed by atoms with Crippen molar-refractivity contribution in [2.75, 3.05) is 32.7 Å². The van der Waals surface area contributed by atoms with Gasteiger partial charge in [0.05, 0.1) is 0 Å². The fourth-order valence-corrected chi connectivity index (χ4v) is 2.58. The van der Waals surface area contributed by atoms with E-state index < -0.39 is 5.60 Å². The van der Waals surface area contributed by atoms with Crippen LogP contribution < -0.4 is 10.6 Å². The molecule has 0 aromatic heterocycles. The summed E-state index contributed by atoms with van der Waals surface area (Å²) in [6.45, 7) is 13.1. The second-order valence-electron chi connectivity index (χ2n) is 6.85. The number of hydrogen-bond acceptors (Lipinski definition) is 4. The first kappa shape index (κ1) is 18.2. The maximum absolute atomic E-state index is 11.5. The highest BCUT2D eigenvalue weighted by atomic mass is 16.6. The van der Waals surface area contributed by atoms with Crippen molar-refractivity contribution in [2.45, 2.75) is 65.0 Å². The number of carbonyl (C=O) groups excluding carboxylic acids is 1. The van der Waals surface area contributed by atoms with Crippen LogP contribution in [-0.4, -0.2) is 55.4 Å². The van der Waals surface area contributed by atoms with E-state index in [0.29, 0.717) is 12.6 Å². The number of ether oxygens (including phenoxy) is 1. The number of carbonyl (C=O) groups is 1. The second kappa shape index (κ2) is 9.26. The summed E-state index contributed by atoms with van der Waals surface area (Å²) in [5, 5.41) is 6.38. The molecule has 2 N–H and O–H groups in total. The van der Waals surface area contributed by atoms with Gasteiger partial charge in [0.1, 0.15) is 5.60 Å². The Labute approximate surface area is 129 Å². The van der Waals surface area contributed by atoms with Crippen molar-refractivity contribution in [3.8, 4) is 0 Å². The van der Waals surface area contributed by atoms with E-state index in [0.717, 1.165) is 13.0 Å². The molecule has 124 valence electrons. The summed E-state index contributed by atoms with van der Waals surface area (Å²) >= 11 is 0. The minimum atomic E-state index is -0.422. The second-order valence-corrected chi connectivity index (χ2v) is 6.85. The molecule has 0 unspecified atom stereocenters. The van der Waals surface area contributed by atoms with Gasteiger partial charge < -0.3 is 20.3 Å². The summed E-state index contributed by atoms with van der Waals surface area (Å²) in [5.41, 5.74) is -0.422. The molecule has 5 nitrogen and oxygen atoms in total. The Kier molecular flexibility index (Phi) is 8.04. The standard InChI is InChI=1S/C16H33N3O2/c1-5-11-19-12-7-14(8-13-19)17-9-6-10-18-15(20)21-16(2,3)4/h14,17H,5-13H2,1-4H3,(H,18,20). The molecule has 1 amide bonds. The van der Waals surface area contributed by atoms with Crippen molar-refractivity contribution >= 4 is 6.09 Å². The number of alkyl carbamates (subject to hydrolysis) is 1. The van der Waals surface area contributed by atoms with E-state index >= 15 is 0 Å². The molecule has 0 aliphatic carbocycles. The van der Waals surface area contributed by atoms with E-state index in [2.05, 4.69) is 22.5 Å². The van der Waals surface area contributed by atoms with Crippen LogP contribution in [0.4, 0.5) is 4.79 Å². The Morgan fingerprint density at radius 1 is 1.24 bits per heavy atom. The number of nitrogens with zero attached hydrogens (tertiary/aromatic N) is 1. The molecule has 1 aliphatic rings. The monoisotopic (exact) mass is 299 g/mol. The topological polar surface area (TPSA) is 53.6 Å². The Morgan fingerprint density at radius 2 is 1.90 bits per heavy atom. The van der Waals surface area contributed by atoms with Crippen LogP contribution in [-0.2, 0) is 4.74 Å². The number of piperidine rings is 1. The van der Waals surface area contributed by atoms with Crippen LogP contribution >= 0.6 is 0 Å². The van der Waals surface area contributed by atoms with Gasteiger partial charge in [0.2, 0.25) is 0 Å². The first-order chi connectivity index (χ1) is 9.90. The minimum Gasteiger partial charge on any atom is -0.444 e. The highest BCUT2D eigenvalue weighted by Crippen LogP contribution is 2.10. The van der Waals surface area contributed by atoms with Gasteiger partial charge in [0, 0.05) is 12.6 Å². The lowest BCUT2D eigenvalue weighted by Crippen LogP contribution is -2.43. The first-order valence-electron chi connectivity index (χ1n) is 8.33. The van der Waals surface area contributed by atoms with Gasteiger partial charge in [0.15, 0.2) is 0 Å². The lowest BCUT2D eigenvalue weighted by Gasteiger charge is -2.32. The third kappa shape index (κ3) is 8.94. The van der Waals surface area contributed by atoms with Gasteiger partial charge in [-0.1, -0.05) is 6.92 Å². The van der Waals surface area contributed by atoms with Crippen LogP contribution in [0.15, 0.2) is 0 Å². The Hall–Kier alpha value is -0.810. The lowest BCUT2D eigenvalue weighted by atomic mass is 10.0. The summed E-state index contributed by atoms with van der Waals surface area (Å²) in [6.07, 6.45) is 4.33. The third-order valence-electron chi connectivity index (χ3n) is 3.58. The number of likely N-dealkylation sites (tertiary alicyclic amines) is 1. The summed E-state index contributed by atoms with van der Waals surface area (Å²) < 4.78 is 5.19. The number of hydrogen-bond donors (Lipinski definition) is 2. The molecule has 1 aliphatic heterocycles. The average Bonchev–Trinajstić information content (AvgIpc) is 2.38. The molecule has 21 heavy (non-hydrogen) atoms. The smallest absolute Gasteiger partial charge is 0.407 e. The van der Waals surface area contributed by atoms with E-state index in [1.54, 1.807) is 0 Å². The predicted molar refractivity (Wildman–Crippen MR) is 86.6 cm³/mol. The van der Waals surface area contributed by atoms with Crippen LogP contribution in [0.25, 0.3) is 0 Å². The normalized spacial score (nSPS) is 17.7. The van der Waals surface area contributed by atoms with Gasteiger partial charge in [-0.15, -0.1) is 0 Å². The molecule has 1 rings (SSSR count). The molecule has 0 aromatic rings. The lowest BCUT2D eigenvalue weighted by molar-refractivity contribution is 0.0527. The van der Waals surface area contributed by atoms with Crippen molar-refractivity contribution in [2.24, 2.45) is 0 Å². The van der Waals surface area contributed by atoms with Gasteiger partial charge in [-0.3, -0.25) is 0 Å². The van der Waals surface area contributed by atoms with Crippen LogP contribution in [0.1, 0.15) is 53.4 Å². The van der Waals surface area contributed by atoms with Crippen molar-refractivity contribution in [1.82, 2.24) is 15.5 Å². The summed E-state index contributed by atoms with van der Waals surface area (Å²) in [5.74, 6) is 0. The van der Waals surface area contributed by atoms with Crippen molar-refractivity contribution < 1.29 is 9.53 Å². The van der Waals surface area contributed by atoms with Crippen LogP contribution in [0.3, 0.4) is 0 Å². The van der Waals surface area contributed by atoms with Gasteiger partial charge in [-0.25, -0.2) is 4.79 Å². The van der Waals surface area contributed by atoms with Crippen LogP contribution in [0, 0.1) is 0 Å². The molecule has 5 heteroatoms. The zero-order valence-corrected chi connectivity index (χ0v) is 14.2. The van der Waals surface area contributed by atoms with Crippen LogP contribution in [0.2, 0.25) is 0 Å². The van der Waals surface area contributed by atoms with E-state index in [1.165, 1.54) is 38.9 Å². The van der Waals surface area contributed by atoms with Gasteiger partial charge >= 0.3 is 6.09 Å². The number of amides is 1. The van der Waals surface area contributed by atoms with E-state index in [4.69, 9.17) is 4.74 Å². The SMILES string of the molecule is CCCN1CCC(NCCCNC(=O)OC(C)(C)C)CC1. The zero-order valence-electron chi connectivity index (χ0n) is 14.2. The summed E-state index contributed by atoms with van der Waals surface area (Å²) in [6, 6.07) is 0.639. The largest absolute Gasteiger partial charge is 0.444 e. The summed E-state index contributed by atoms with van der Waals surface area (Å²) in [4.78, 5) is 14.0. The maximum atomic E-state index is 11.5. The highest BCUT2D eigenvalue weighted by Gasteiger charge is 2.18. The molecular formula is C16H33N3O2.